The van der Waals surface area contributed by atoms with Crippen LogP contribution in [0.3, 0.4) is 0 Å². The average Bonchev–Trinajstić information content (AvgIpc) is 3.33. The molecule has 0 aliphatic rings. The molecule has 0 bridgehead atoms. The summed E-state index contributed by atoms with van der Waals surface area (Å²) in [5.74, 6) is -0.0608. The number of aromatic nitrogens is 2. The van der Waals surface area contributed by atoms with Crippen LogP contribution in [0.5, 0.6) is 0 Å². The molecule has 2 heterocycles. The van der Waals surface area contributed by atoms with Crippen LogP contribution in [-0.4, -0.2) is 28.1 Å². The van der Waals surface area contributed by atoms with Crippen molar-refractivity contribution in [1.29, 1.82) is 0 Å². The second-order valence-corrected chi connectivity index (χ2v) is 6.51. The maximum atomic E-state index is 12.1. The molecule has 3 aromatic rings. The molecule has 2 N–H and O–H groups in total. The van der Waals surface area contributed by atoms with Gasteiger partial charge in [-0.2, -0.15) is 5.10 Å². The van der Waals surface area contributed by atoms with Crippen LogP contribution in [0.15, 0.2) is 53.1 Å². The standard InChI is InChI=1S/C21H24N4O3/c1-15-18(16(2)25(24-15)17-8-4-3-5-9-17)14-23-20(26)11-6-12-22-21(27)19-10-7-13-28-19/h3-5,7-10,13H,6,11-12,14H2,1-2H3,(H,22,27)(H,23,26). The van der Waals surface area contributed by atoms with Gasteiger partial charge >= 0.3 is 0 Å². The predicted molar refractivity (Wildman–Crippen MR) is 105 cm³/mol. The summed E-state index contributed by atoms with van der Waals surface area (Å²) >= 11 is 0. The van der Waals surface area contributed by atoms with E-state index in [9.17, 15) is 9.59 Å². The smallest absolute Gasteiger partial charge is 0.286 e. The highest BCUT2D eigenvalue weighted by Crippen LogP contribution is 2.17. The fourth-order valence-corrected chi connectivity index (χ4v) is 2.97. The number of aryl methyl sites for hydroxylation is 1. The Kier molecular flexibility index (Phi) is 6.26. The quantitative estimate of drug-likeness (QED) is 0.588. The monoisotopic (exact) mass is 380 g/mol. The van der Waals surface area contributed by atoms with Crippen LogP contribution < -0.4 is 10.6 Å². The molecule has 0 unspecified atom stereocenters. The Morgan fingerprint density at radius 3 is 2.57 bits per heavy atom. The van der Waals surface area contributed by atoms with Crippen molar-refractivity contribution in [1.82, 2.24) is 20.4 Å². The van der Waals surface area contributed by atoms with E-state index in [0.29, 0.717) is 25.9 Å². The summed E-state index contributed by atoms with van der Waals surface area (Å²) in [6, 6.07) is 13.2. The molecular weight excluding hydrogens is 356 g/mol. The van der Waals surface area contributed by atoms with Crippen LogP contribution in [0.1, 0.15) is 40.3 Å². The van der Waals surface area contributed by atoms with Gasteiger partial charge in [-0.1, -0.05) is 18.2 Å². The maximum absolute atomic E-state index is 12.1. The third-order valence-electron chi connectivity index (χ3n) is 4.52. The molecule has 146 valence electrons. The highest BCUT2D eigenvalue weighted by molar-refractivity contribution is 5.91. The van der Waals surface area contributed by atoms with Crippen molar-refractivity contribution < 1.29 is 14.0 Å². The van der Waals surface area contributed by atoms with Crippen LogP contribution >= 0.6 is 0 Å². The van der Waals surface area contributed by atoms with E-state index in [1.807, 2.05) is 48.9 Å². The lowest BCUT2D eigenvalue weighted by Gasteiger charge is -2.07. The van der Waals surface area contributed by atoms with Crippen LogP contribution in [0.4, 0.5) is 0 Å². The first-order valence-electron chi connectivity index (χ1n) is 9.25. The van der Waals surface area contributed by atoms with E-state index in [1.165, 1.54) is 6.26 Å². The molecule has 2 aromatic heterocycles. The maximum Gasteiger partial charge on any atom is 0.286 e. The van der Waals surface area contributed by atoms with Gasteiger partial charge in [-0.3, -0.25) is 9.59 Å². The van der Waals surface area contributed by atoms with Crippen LogP contribution in [0, 0.1) is 13.8 Å². The van der Waals surface area contributed by atoms with Crippen molar-refractivity contribution in [3.63, 3.8) is 0 Å². The second kappa shape index (κ2) is 9.03. The van der Waals surface area contributed by atoms with Gasteiger partial charge in [0.05, 0.1) is 17.6 Å². The SMILES string of the molecule is Cc1nn(-c2ccccc2)c(C)c1CNC(=O)CCCNC(=O)c1ccco1. The van der Waals surface area contributed by atoms with Crippen molar-refractivity contribution in [2.75, 3.05) is 6.54 Å². The first-order valence-corrected chi connectivity index (χ1v) is 9.25. The van der Waals surface area contributed by atoms with E-state index in [0.717, 1.165) is 22.6 Å². The highest BCUT2D eigenvalue weighted by Gasteiger charge is 2.14. The normalized spacial score (nSPS) is 10.6. The number of hydrogen-bond donors (Lipinski definition) is 2. The predicted octanol–water partition coefficient (Wildman–Crippen LogP) is 2.91. The largest absolute Gasteiger partial charge is 0.459 e. The minimum absolute atomic E-state index is 0.0569. The molecule has 2 amide bonds. The fraction of sp³-hybridized carbons (Fsp3) is 0.286. The molecule has 0 spiro atoms. The van der Waals surface area contributed by atoms with Crippen molar-refractivity contribution in [2.45, 2.75) is 33.2 Å². The Bertz CT molecular complexity index is 930. The summed E-state index contributed by atoms with van der Waals surface area (Å²) in [5, 5.41) is 10.3. The average molecular weight is 380 g/mol. The summed E-state index contributed by atoms with van der Waals surface area (Å²) < 4.78 is 6.91. The topological polar surface area (TPSA) is 89.2 Å². The number of carbonyl (C=O) groups excluding carboxylic acids is 2. The zero-order chi connectivity index (χ0) is 19.9. The van der Waals surface area contributed by atoms with E-state index in [2.05, 4.69) is 15.7 Å². The molecule has 0 aliphatic carbocycles. The fourth-order valence-electron chi connectivity index (χ4n) is 2.97. The van der Waals surface area contributed by atoms with Crippen LogP contribution in [0.2, 0.25) is 0 Å². The zero-order valence-electron chi connectivity index (χ0n) is 16.1. The number of amides is 2. The molecular formula is C21H24N4O3. The first kappa shape index (κ1) is 19.4. The lowest BCUT2D eigenvalue weighted by atomic mass is 10.2. The molecule has 0 radical (unpaired) electrons. The zero-order valence-corrected chi connectivity index (χ0v) is 16.1. The highest BCUT2D eigenvalue weighted by atomic mass is 16.3. The third kappa shape index (κ3) is 4.68. The van der Waals surface area contributed by atoms with Gasteiger partial charge in [-0.25, -0.2) is 4.68 Å². The van der Waals surface area contributed by atoms with Crippen molar-refractivity contribution >= 4 is 11.8 Å². The number of hydrogen-bond acceptors (Lipinski definition) is 4. The van der Waals surface area contributed by atoms with E-state index in [1.54, 1.807) is 12.1 Å². The van der Waals surface area contributed by atoms with Gasteiger partial charge < -0.3 is 15.1 Å². The Morgan fingerprint density at radius 2 is 1.86 bits per heavy atom. The van der Waals surface area contributed by atoms with Crippen molar-refractivity contribution in [3.05, 3.63) is 71.4 Å². The van der Waals surface area contributed by atoms with Crippen LogP contribution in [0.25, 0.3) is 5.69 Å². The molecule has 0 saturated heterocycles. The summed E-state index contributed by atoms with van der Waals surface area (Å²) in [7, 11) is 0. The van der Waals surface area contributed by atoms with Crippen molar-refractivity contribution in [3.8, 4) is 5.69 Å². The Labute approximate surface area is 163 Å². The van der Waals surface area contributed by atoms with Gasteiger partial charge in [-0.05, 0) is 44.5 Å². The number of para-hydroxylation sites is 1. The molecule has 7 nitrogen and oxygen atoms in total. The molecule has 7 heteroatoms. The lowest BCUT2D eigenvalue weighted by molar-refractivity contribution is -0.121. The number of furan rings is 1. The molecule has 28 heavy (non-hydrogen) atoms. The van der Waals surface area contributed by atoms with Gasteiger partial charge in [0.15, 0.2) is 5.76 Å². The summed E-state index contributed by atoms with van der Waals surface area (Å²) in [6.45, 7) is 4.79. The molecule has 3 rings (SSSR count). The molecule has 0 saturated carbocycles. The van der Waals surface area contributed by atoms with Gasteiger partial charge in [-0.15, -0.1) is 0 Å². The summed E-state index contributed by atoms with van der Waals surface area (Å²) in [6.07, 6.45) is 2.34. The van der Waals surface area contributed by atoms with Crippen molar-refractivity contribution in [2.24, 2.45) is 0 Å². The number of nitrogens with one attached hydrogen (secondary N) is 2. The Morgan fingerprint density at radius 1 is 1.07 bits per heavy atom. The summed E-state index contributed by atoms with van der Waals surface area (Å²) in [5.41, 5.74) is 3.92. The minimum atomic E-state index is -0.273. The number of rotatable bonds is 8. The van der Waals surface area contributed by atoms with E-state index < -0.39 is 0 Å². The van der Waals surface area contributed by atoms with E-state index in [-0.39, 0.29) is 17.6 Å². The number of benzene rings is 1. The molecule has 1 aromatic carbocycles. The number of nitrogens with zero attached hydrogens (tertiary/aromatic N) is 2. The van der Waals surface area contributed by atoms with E-state index >= 15 is 0 Å². The Hall–Kier alpha value is -3.35. The third-order valence-corrected chi connectivity index (χ3v) is 4.52. The Balaban J connectivity index is 1.46. The van der Waals surface area contributed by atoms with Crippen LogP contribution in [-0.2, 0) is 11.3 Å². The second-order valence-electron chi connectivity index (χ2n) is 6.51. The first-order chi connectivity index (χ1) is 13.6. The lowest BCUT2D eigenvalue weighted by Crippen LogP contribution is -2.27. The van der Waals surface area contributed by atoms with Gasteiger partial charge in [0.1, 0.15) is 0 Å². The molecule has 0 aliphatic heterocycles. The van der Waals surface area contributed by atoms with Gasteiger partial charge in [0.2, 0.25) is 5.91 Å². The molecule has 0 fully saturated rings. The number of carbonyl (C=O) groups is 2. The van der Waals surface area contributed by atoms with Gasteiger partial charge in [0.25, 0.3) is 5.91 Å². The minimum Gasteiger partial charge on any atom is -0.459 e. The summed E-state index contributed by atoms with van der Waals surface area (Å²) in [4.78, 5) is 23.9. The van der Waals surface area contributed by atoms with E-state index in [4.69, 9.17) is 4.42 Å². The van der Waals surface area contributed by atoms with Gasteiger partial charge in [0, 0.05) is 30.8 Å². The molecule has 0 atom stereocenters.